The minimum absolute atomic E-state index is 0.000618. The summed E-state index contributed by atoms with van der Waals surface area (Å²) in [5.41, 5.74) is 6.38. The maximum Gasteiger partial charge on any atom is 0.412 e. The first-order chi connectivity index (χ1) is 21.5. The predicted molar refractivity (Wildman–Crippen MR) is 168 cm³/mol. The summed E-state index contributed by atoms with van der Waals surface area (Å²) in [5.74, 6) is -0.336. The van der Waals surface area contributed by atoms with E-state index in [2.05, 4.69) is 16.0 Å². The van der Waals surface area contributed by atoms with Crippen LogP contribution < -0.4 is 16.0 Å². The van der Waals surface area contributed by atoms with Crippen LogP contribution >= 0.6 is 0 Å². The van der Waals surface area contributed by atoms with Crippen molar-refractivity contribution in [1.29, 1.82) is 0 Å². The lowest BCUT2D eigenvalue weighted by atomic mass is 9.98. The number of carbonyl (C=O) groups is 3. The number of hydrogen-bond acceptors (Lipinski definition) is 5. The molecule has 0 atom stereocenters. The van der Waals surface area contributed by atoms with Crippen LogP contribution in [0.2, 0.25) is 0 Å². The third-order valence-corrected chi connectivity index (χ3v) is 8.12. The van der Waals surface area contributed by atoms with Crippen molar-refractivity contribution in [3.63, 3.8) is 0 Å². The van der Waals surface area contributed by atoms with Gasteiger partial charge in [-0.3, -0.25) is 10.1 Å². The van der Waals surface area contributed by atoms with Crippen molar-refractivity contribution in [1.82, 2.24) is 10.6 Å². The zero-order valence-corrected chi connectivity index (χ0v) is 24.4. The molecule has 3 N–H and O–H groups in total. The van der Waals surface area contributed by atoms with Gasteiger partial charge in [-0.25, -0.2) is 9.59 Å². The van der Waals surface area contributed by atoms with Gasteiger partial charge in [-0.2, -0.15) is 0 Å². The van der Waals surface area contributed by atoms with E-state index in [9.17, 15) is 14.4 Å². The minimum atomic E-state index is -0.649. The Hall–Kier alpha value is -5.11. The van der Waals surface area contributed by atoms with E-state index < -0.39 is 18.3 Å². The summed E-state index contributed by atoms with van der Waals surface area (Å²) >= 11 is 0. The van der Waals surface area contributed by atoms with Crippen LogP contribution in [0.1, 0.15) is 70.8 Å². The smallest absolute Gasteiger partial charge is 0.412 e. The molecule has 0 radical (unpaired) electrons. The van der Waals surface area contributed by atoms with Crippen molar-refractivity contribution in [2.45, 2.75) is 57.4 Å². The Morgan fingerprint density at radius 1 is 0.636 bits per heavy atom. The third kappa shape index (κ3) is 6.75. The van der Waals surface area contributed by atoms with E-state index in [0.717, 1.165) is 59.1 Å². The molecule has 8 heteroatoms. The van der Waals surface area contributed by atoms with Crippen LogP contribution in [-0.4, -0.2) is 24.2 Å². The first-order valence-corrected chi connectivity index (χ1v) is 15.1. The van der Waals surface area contributed by atoms with Gasteiger partial charge in [0.05, 0.1) is 11.3 Å². The largest absolute Gasteiger partial charge is 0.446 e. The quantitative estimate of drug-likeness (QED) is 0.197. The predicted octanol–water partition coefficient (Wildman–Crippen LogP) is 7.49. The first-order valence-electron chi connectivity index (χ1n) is 15.1. The average Bonchev–Trinajstić information content (AvgIpc) is 3.37. The van der Waals surface area contributed by atoms with E-state index in [1.807, 2.05) is 72.8 Å². The van der Waals surface area contributed by atoms with E-state index in [-0.39, 0.29) is 18.6 Å². The van der Waals surface area contributed by atoms with Crippen LogP contribution in [0.3, 0.4) is 0 Å². The van der Waals surface area contributed by atoms with Crippen molar-refractivity contribution in [2.75, 3.05) is 5.32 Å². The number of fused-ring (bicyclic) bond motifs is 3. The van der Waals surface area contributed by atoms with Crippen LogP contribution in [0.15, 0.2) is 97.1 Å². The highest BCUT2D eigenvalue weighted by Crippen LogP contribution is 2.45. The van der Waals surface area contributed by atoms with Gasteiger partial charge in [0.2, 0.25) is 0 Å². The van der Waals surface area contributed by atoms with Gasteiger partial charge in [-0.15, -0.1) is 0 Å². The highest BCUT2D eigenvalue weighted by molar-refractivity contribution is 6.02. The molecule has 1 saturated carbocycles. The first kappa shape index (κ1) is 29.0. The molecular formula is C36H35N3O5. The van der Waals surface area contributed by atoms with Crippen molar-refractivity contribution >= 4 is 23.8 Å². The zero-order valence-electron chi connectivity index (χ0n) is 24.4. The summed E-state index contributed by atoms with van der Waals surface area (Å²) in [6.45, 7) is 0.603. The third-order valence-electron chi connectivity index (χ3n) is 8.12. The lowest BCUT2D eigenvalue weighted by Gasteiger charge is -2.21. The normalized spacial score (nSPS) is 14.2. The second kappa shape index (κ2) is 13.5. The maximum absolute atomic E-state index is 13.2. The van der Waals surface area contributed by atoms with Crippen molar-refractivity contribution < 1.29 is 23.9 Å². The highest BCUT2D eigenvalue weighted by atomic mass is 16.6. The maximum atomic E-state index is 13.2. The van der Waals surface area contributed by atoms with Crippen LogP contribution in [0.25, 0.3) is 11.1 Å². The van der Waals surface area contributed by atoms with Crippen molar-refractivity contribution in [3.05, 3.63) is 125 Å². The van der Waals surface area contributed by atoms with E-state index in [0.29, 0.717) is 17.8 Å². The van der Waals surface area contributed by atoms with Gasteiger partial charge in [0, 0.05) is 24.2 Å². The Morgan fingerprint density at radius 2 is 1.25 bits per heavy atom. The van der Waals surface area contributed by atoms with Gasteiger partial charge in [0.15, 0.2) is 6.10 Å². The van der Waals surface area contributed by atoms with Crippen LogP contribution in [-0.2, 0) is 22.6 Å². The molecule has 1 fully saturated rings. The Balaban J connectivity index is 1.04. The van der Waals surface area contributed by atoms with E-state index in [1.165, 1.54) is 6.42 Å². The topological polar surface area (TPSA) is 106 Å². The molecule has 4 aromatic rings. The lowest BCUT2D eigenvalue weighted by Crippen LogP contribution is -2.29. The van der Waals surface area contributed by atoms with Gasteiger partial charge < -0.3 is 20.1 Å². The number of para-hydroxylation sites is 1. The van der Waals surface area contributed by atoms with Crippen LogP contribution in [0.4, 0.5) is 15.3 Å². The number of benzene rings is 4. The van der Waals surface area contributed by atoms with Gasteiger partial charge in [0.1, 0.15) is 6.10 Å². The minimum Gasteiger partial charge on any atom is -0.446 e. The summed E-state index contributed by atoms with van der Waals surface area (Å²) in [6.07, 6.45) is 3.65. The number of alkyl carbamates (subject to hydrolysis) is 1. The fourth-order valence-electron chi connectivity index (χ4n) is 5.95. The molecule has 0 bridgehead atoms. The molecule has 6 rings (SSSR count). The summed E-state index contributed by atoms with van der Waals surface area (Å²) in [7, 11) is 0. The average molecular weight is 590 g/mol. The van der Waals surface area contributed by atoms with E-state index >= 15 is 0 Å². The monoisotopic (exact) mass is 589 g/mol. The standard InChI is InChI=1S/C36H35N3O5/c40-34(37-22-24-11-10-12-25(21-24)23-38-35(41)43-26-13-2-1-3-14-26)31-19-8-9-20-32(31)39-36(42)44-33-29-17-6-4-15-27(29)28-16-5-7-18-30(28)33/h4-12,15-21,26,33H,1-3,13-14,22-23H2,(H,37,40)(H,38,41)(H,39,42). The molecule has 224 valence electrons. The molecule has 2 aliphatic rings. The number of amides is 3. The lowest BCUT2D eigenvalue weighted by molar-refractivity contribution is 0.0749. The zero-order chi connectivity index (χ0) is 30.3. The molecule has 44 heavy (non-hydrogen) atoms. The number of rotatable bonds is 8. The van der Waals surface area contributed by atoms with Gasteiger partial charge in [0.25, 0.3) is 5.91 Å². The molecule has 4 aromatic carbocycles. The SMILES string of the molecule is O=C(NCc1cccc(CNC(=O)c2ccccc2NC(=O)OC2c3ccccc3-c3ccccc32)c1)OC1CCCCC1. The number of nitrogens with one attached hydrogen (secondary N) is 3. The van der Waals surface area contributed by atoms with Crippen molar-refractivity contribution in [3.8, 4) is 11.1 Å². The molecule has 0 heterocycles. The van der Waals surface area contributed by atoms with E-state index in [4.69, 9.17) is 9.47 Å². The Kier molecular flexibility index (Phi) is 8.87. The summed E-state index contributed by atoms with van der Waals surface area (Å²) in [6, 6.07) is 30.2. The molecule has 0 aliphatic heterocycles. The molecule has 0 spiro atoms. The molecule has 0 unspecified atom stereocenters. The van der Waals surface area contributed by atoms with Crippen LogP contribution in [0, 0.1) is 0 Å². The molecule has 0 aromatic heterocycles. The molecule has 2 aliphatic carbocycles. The summed E-state index contributed by atoms with van der Waals surface area (Å²) in [5, 5.41) is 8.53. The Bertz CT molecular complexity index is 1620. The number of ether oxygens (including phenoxy) is 2. The fourth-order valence-corrected chi connectivity index (χ4v) is 5.95. The Morgan fingerprint density at radius 3 is 1.95 bits per heavy atom. The number of anilines is 1. The fraction of sp³-hybridized carbons (Fsp3) is 0.250. The summed E-state index contributed by atoms with van der Waals surface area (Å²) in [4.78, 5) is 38.5. The van der Waals surface area contributed by atoms with E-state index in [1.54, 1.807) is 24.3 Å². The van der Waals surface area contributed by atoms with Gasteiger partial charge in [-0.05, 0) is 60.1 Å². The van der Waals surface area contributed by atoms with Crippen LogP contribution in [0.5, 0.6) is 0 Å². The van der Waals surface area contributed by atoms with Gasteiger partial charge in [-0.1, -0.05) is 91.3 Å². The molecule has 3 amide bonds. The second-order valence-corrected chi connectivity index (χ2v) is 11.2. The number of hydrogen-bond donors (Lipinski definition) is 3. The molecule has 8 nitrogen and oxygen atoms in total. The Labute approximate surface area is 256 Å². The molecular weight excluding hydrogens is 554 g/mol. The van der Waals surface area contributed by atoms with Crippen molar-refractivity contribution in [2.24, 2.45) is 0 Å². The number of carbonyl (C=O) groups excluding carboxylic acids is 3. The second-order valence-electron chi connectivity index (χ2n) is 11.2. The molecule has 0 saturated heterocycles. The van der Waals surface area contributed by atoms with Gasteiger partial charge >= 0.3 is 12.2 Å². The summed E-state index contributed by atoms with van der Waals surface area (Å²) < 4.78 is 11.4. The highest BCUT2D eigenvalue weighted by Gasteiger charge is 2.31.